The predicted octanol–water partition coefficient (Wildman–Crippen LogP) is 2.97. The average molecular weight is 205 g/mol. The zero-order valence-electron chi connectivity index (χ0n) is 9.73. The molecule has 0 saturated heterocycles. The van der Waals surface area contributed by atoms with Crippen LogP contribution in [-0.2, 0) is 4.79 Å². The molecule has 0 unspecified atom stereocenters. The Morgan fingerprint density at radius 3 is 2.60 bits per heavy atom. The van der Waals surface area contributed by atoms with Gasteiger partial charge in [0.1, 0.15) is 6.29 Å². The quantitative estimate of drug-likeness (QED) is 0.372. The topological polar surface area (TPSA) is 29.4 Å². The van der Waals surface area contributed by atoms with Crippen molar-refractivity contribution in [2.24, 2.45) is 10.4 Å². The van der Waals surface area contributed by atoms with E-state index in [1.54, 1.807) is 12.3 Å². The first-order valence-electron chi connectivity index (χ1n) is 4.97. The van der Waals surface area contributed by atoms with Crippen LogP contribution in [0, 0.1) is 5.41 Å². The fourth-order valence-corrected chi connectivity index (χ4v) is 0.822. The van der Waals surface area contributed by atoms with Gasteiger partial charge in [0, 0.05) is 6.21 Å². The Kier molecular flexibility index (Phi) is 6.27. The van der Waals surface area contributed by atoms with Gasteiger partial charge in [-0.05, 0) is 26.3 Å². The molecule has 0 heterocycles. The molecule has 0 aromatic heterocycles. The largest absolute Gasteiger partial charge is 0.302 e. The molecule has 0 aliphatic rings. The Morgan fingerprint density at radius 2 is 2.13 bits per heavy atom. The molecule has 0 N–H and O–H groups in total. The molecular weight excluding hydrogens is 186 g/mol. The molecule has 0 aromatic carbocycles. The second kappa shape index (κ2) is 6.93. The van der Waals surface area contributed by atoms with Crippen LogP contribution in [0.5, 0.6) is 0 Å². The van der Waals surface area contributed by atoms with E-state index in [2.05, 4.69) is 11.6 Å². The van der Waals surface area contributed by atoms with Crippen LogP contribution in [-0.4, -0.2) is 19.0 Å². The monoisotopic (exact) mass is 205 g/mol. The van der Waals surface area contributed by atoms with Crippen molar-refractivity contribution in [1.82, 2.24) is 0 Å². The lowest BCUT2D eigenvalue weighted by Gasteiger charge is -2.08. The zero-order chi connectivity index (χ0) is 11.7. The lowest BCUT2D eigenvalue weighted by molar-refractivity contribution is -0.111. The smallest absolute Gasteiger partial charge is 0.130 e. The number of rotatable bonds is 6. The van der Waals surface area contributed by atoms with Crippen molar-refractivity contribution >= 4 is 12.5 Å². The molecule has 0 aromatic rings. The van der Waals surface area contributed by atoms with Crippen molar-refractivity contribution < 1.29 is 4.79 Å². The maximum absolute atomic E-state index is 10.6. The summed E-state index contributed by atoms with van der Waals surface area (Å²) in [4.78, 5) is 14.8. The molecule has 15 heavy (non-hydrogen) atoms. The fraction of sp³-hybridized carbons (Fsp3) is 0.385. The average Bonchev–Trinajstić information content (AvgIpc) is 2.23. The van der Waals surface area contributed by atoms with Crippen molar-refractivity contribution in [2.45, 2.75) is 20.8 Å². The molecular formula is C13H19NO. The molecule has 0 amide bonds. The highest BCUT2D eigenvalue weighted by molar-refractivity contribution is 5.85. The second-order valence-corrected chi connectivity index (χ2v) is 3.88. The Labute approximate surface area is 92.1 Å². The van der Waals surface area contributed by atoms with Gasteiger partial charge in [0.25, 0.3) is 0 Å². The zero-order valence-corrected chi connectivity index (χ0v) is 9.73. The number of carbonyl (C=O) groups excluding carboxylic acids is 1. The first kappa shape index (κ1) is 13.6. The standard InChI is InChI=1S/C13H19NO/c1-5-7-8-12(6-2)9-14-10-13(3,4)11-15/h5-8,10-11H,2,9H2,1,3-4H3/b7-5-,12-8+,14-10?. The molecule has 0 atom stereocenters. The van der Waals surface area contributed by atoms with Crippen LogP contribution >= 0.6 is 0 Å². The maximum atomic E-state index is 10.6. The summed E-state index contributed by atoms with van der Waals surface area (Å²) < 4.78 is 0. The number of nitrogens with zero attached hydrogens (tertiary/aromatic N) is 1. The number of aldehydes is 1. The number of carbonyl (C=O) groups is 1. The second-order valence-electron chi connectivity index (χ2n) is 3.88. The number of hydrogen-bond acceptors (Lipinski definition) is 2. The summed E-state index contributed by atoms with van der Waals surface area (Å²) in [6.45, 7) is 9.87. The number of aliphatic imine (C=N–C) groups is 1. The van der Waals surface area contributed by atoms with Crippen LogP contribution in [0.25, 0.3) is 0 Å². The highest BCUT2D eigenvalue weighted by Crippen LogP contribution is 2.07. The van der Waals surface area contributed by atoms with Gasteiger partial charge in [-0.15, -0.1) is 0 Å². The molecule has 0 bridgehead atoms. The van der Waals surface area contributed by atoms with E-state index in [1.807, 2.05) is 39.0 Å². The molecule has 0 aliphatic heterocycles. The van der Waals surface area contributed by atoms with E-state index in [9.17, 15) is 4.79 Å². The number of allylic oxidation sites excluding steroid dienone is 3. The van der Waals surface area contributed by atoms with E-state index in [0.29, 0.717) is 6.54 Å². The third kappa shape index (κ3) is 6.61. The van der Waals surface area contributed by atoms with Crippen molar-refractivity contribution in [2.75, 3.05) is 6.54 Å². The van der Waals surface area contributed by atoms with Crippen molar-refractivity contribution in [1.29, 1.82) is 0 Å². The van der Waals surface area contributed by atoms with Crippen LogP contribution in [0.15, 0.2) is 41.4 Å². The van der Waals surface area contributed by atoms with Gasteiger partial charge >= 0.3 is 0 Å². The Hall–Kier alpha value is -1.44. The van der Waals surface area contributed by atoms with Crippen LogP contribution in [0.4, 0.5) is 0 Å². The van der Waals surface area contributed by atoms with Crippen molar-refractivity contribution in [3.8, 4) is 0 Å². The van der Waals surface area contributed by atoms with Crippen LogP contribution in [0.3, 0.4) is 0 Å². The summed E-state index contributed by atoms with van der Waals surface area (Å²) in [5, 5.41) is 0. The SMILES string of the molecule is C=C/C(=C\C=C/C)CN=CC(C)(C)C=O. The Balaban J connectivity index is 4.35. The highest BCUT2D eigenvalue weighted by Gasteiger charge is 2.11. The van der Waals surface area contributed by atoms with Gasteiger partial charge in [-0.3, -0.25) is 4.99 Å². The molecule has 2 heteroatoms. The molecule has 0 spiro atoms. The van der Waals surface area contributed by atoms with Crippen molar-refractivity contribution in [3.63, 3.8) is 0 Å². The van der Waals surface area contributed by atoms with E-state index in [1.165, 1.54) is 0 Å². The minimum Gasteiger partial charge on any atom is -0.302 e. The van der Waals surface area contributed by atoms with Crippen LogP contribution in [0.2, 0.25) is 0 Å². The van der Waals surface area contributed by atoms with Gasteiger partial charge in [-0.2, -0.15) is 0 Å². The van der Waals surface area contributed by atoms with E-state index in [4.69, 9.17) is 0 Å². The minimum atomic E-state index is -0.479. The minimum absolute atomic E-state index is 0.479. The summed E-state index contributed by atoms with van der Waals surface area (Å²) in [6.07, 6.45) is 10.2. The van der Waals surface area contributed by atoms with Gasteiger partial charge in [0.2, 0.25) is 0 Å². The van der Waals surface area contributed by atoms with E-state index < -0.39 is 5.41 Å². The van der Waals surface area contributed by atoms with Gasteiger partial charge in [-0.1, -0.05) is 30.9 Å². The van der Waals surface area contributed by atoms with E-state index in [0.717, 1.165) is 11.9 Å². The predicted molar refractivity (Wildman–Crippen MR) is 66.3 cm³/mol. The summed E-state index contributed by atoms with van der Waals surface area (Å²) >= 11 is 0. The summed E-state index contributed by atoms with van der Waals surface area (Å²) in [6, 6.07) is 0. The summed E-state index contributed by atoms with van der Waals surface area (Å²) in [7, 11) is 0. The molecule has 2 nitrogen and oxygen atoms in total. The Morgan fingerprint density at radius 1 is 1.47 bits per heavy atom. The molecule has 0 saturated carbocycles. The summed E-state index contributed by atoms with van der Waals surface area (Å²) in [5.41, 5.74) is 0.554. The van der Waals surface area contributed by atoms with E-state index in [-0.39, 0.29) is 0 Å². The molecule has 0 aliphatic carbocycles. The van der Waals surface area contributed by atoms with Crippen molar-refractivity contribution in [3.05, 3.63) is 36.5 Å². The fourth-order valence-electron chi connectivity index (χ4n) is 0.822. The molecule has 82 valence electrons. The van der Waals surface area contributed by atoms with Crippen LogP contribution in [0.1, 0.15) is 20.8 Å². The lowest BCUT2D eigenvalue weighted by atomic mass is 9.98. The third-order valence-corrected chi connectivity index (χ3v) is 1.77. The van der Waals surface area contributed by atoms with Gasteiger partial charge in [-0.25, -0.2) is 0 Å². The Bertz CT molecular complexity index is 296. The third-order valence-electron chi connectivity index (χ3n) is 1.77. The molecule has 0 rings (SSSR count). The maximum Gasteiger partial charge on any atom is 0.130 e. The normalized spacial score (nSPS) is 13.7. The highest BCUT2D eigenvalue weighted by atomic mass is 16.1. The summed E-state index contributed by atoms with van der Waals surface area (Å²) in [5.74, 6) is 0. The lowest BCUT2D eigenvalue weighted by Crippen LogP contribution is -2.14. The first-order valence-corrected chi connectivity index (χ1v) is 4.97. The first-order chi connectivity index (χ1) is 7.05. The molecule has 0 fully saturated rings. The van der Waals surface area contributed by atoms with Gasteiger partial charge < -0.3 is 4.79 Å². The van der Waals surface area contributed by atoms with E-state index >= 15 is 0 Å². The number of hydrogen-bond donors (Lipinski definition) is 0. The van der Waals surface area contributed by atoms with Gasteiger partial charge in [0.05, 0.1) is 12.0 Å². The molecule has 0 radical (unpaired) electrons. The van der Waals surface area contributed by atoms with Crippen LogP contribution < -0.4 is 0 Å². The van der Waals surface area contributed by atoms with Gasteiger partial charge in [0.15, 0.2) is 0 Å².